The van der Waals surface area contributed by atoms with E-state index in [4.69, 9.17) is 13.9 Å². The molecule has 0 saturated carbocycles. The summed E-state index contributed by atoms with van der Waals surface area (Å²) in [4.78, 5) is 49.7. The third kappa shape index (κ3) is 5.85. The summed E-state index contributed by atoms with van der Waals surface area (Å²) in [5, 5.41) is 4.70. The molecule has 1 aliphatic heterocycles. The molecule has 0 aliphatic carbocycles. The summed E-state index contributed by atoms with van der Waals surface area (Å²) in [6, 6.07) is 21.8. The van der Waals surface area contributed by atoms with Crippen LogP contribution in [0.15, 0.2) is 93.2 Å². The zero-order valence-electron chi connectivity index (χ0n) is 20.7. The van der Waals surface area contributed by atoms with Crippen LogP contribution in [0.3, 0.4) is 0 Å². The average Bonchev–Trinajstić information content (AvgIpc) is 3.19. The van der Waals surface area contributed by atoms with Gasteiger partial charge in [-0.15, -0.1) is 0 Å². The molecule has 10 nitrogen and oxygen atoms in total. The van der Waals surface area contributed by atoms with E-state index < -0.39 is 11.5 Å². The summed E-state index contributed by atoms with van der Waals surface area (Å²) in [7, 11) is 0. The first-order valence-electron chi connectivity index (χ1n) is 12.2. The maximum Gasteiger partial charge on any atom is 0.336 e. The van der Waals surface area contributed by atoms with E-state index in [2.05, 4.69) is 10.5 Å². The largest absolute Gasteiger partial charge is 0.493 e. The number of imide groups is 1. The lowest BCUT2D eigenvalue weighted by Gasteiger charge is -2.14. The Morgan fingerprint density at radius 2 is 1.62 bits per heavy atom. The van der Waals surface area contributed by atoms with Crippen molar-refractivity contribution in [2.45, 2.75) is 6.42 Å². The highest BCUT2D eigenvalue weighted by Gasteiger charge is 2.34. The quantitative estimate of drug-likeness (QED) is 0.111. The summed E-state index contributed by atoms with van der Waals surface area (Å²) < 4.78 is 16.4. The molecule has 10 heteroatoms. The molecule has 0 radical (unpaired) electrons. The maximum atomic E-state index is 12.5. The predicted molar refractivity (Wildman–Crippen MR) is 142 cm³/mol. The number of rotatable bonds is 10. The van der Waals surface area contributed by atoms with Crippen molar-refractivity contribution in [3.63, 3.8) is 0 Å². The van der Waals surface area contributed by atoms with Gasteiger partial charge >= 0.3 is 5.63 Å². The zero-order chi connectivity index (χ0) is 27.2. The Kier molecular flexibility index (Phi) is 7.44. The summed E-state index contributed by atoms with van der Waals surface area (Å²) in [6.45, 7) is 0.211. The Morgan fingerprint density at radius 1 is 0.897 bits per heavy atom. The van der Waals surface area contributed by atoms with E-state index in [-0.39, 0.29) is 31.6 Å². The van der Waals surface area contributed by atoms with E-state index in [1.807, 2.05) is 0 Å². The van der Waals surface area contributed by atoms with E-state index in [1.54, 1.807) is 66.7 Å². The number of nitrogens with zero attached hydrogens (tertiary/aromatic N) is 2. The van der Waals surface area contributed by atoms with Crippen molar-refractivity contribution in [3.05, 3.63) is 106 Å². The monoisotopic (exact) mass is 525 g/mol. The molecule has 2 heterocycles. The summed E-state index contributed by atoms with van der Waals surface area (Å²) in [5.74, 6) is -0.173. The Morgan fingerprint density at radius 3 is 2.41 bits per heavy atom. The highest BCUT2D eigenvalue weighted by atomic mass is 16.5. The van der Waals surface area contributed by atoms with Crippen LogP contribution in [-0.4, -0.2) is 48.6 Å². The van der Waals surface area contributed by atoms with E-state index in [0.717, 1.165) is 5.39 Å². The van der Waals surface area contributed by atoms with E-state index in [0.29, 0.717) is 40.2 Å². The summed E-state index contributed by atoms with van der Waals surface area (Å²) in [6.07, 6.45) is 1.89. The number of hydrazone groups is 1. The summed E-state index contributed by atoms with van der Waals surface area (Å²) in [5.41, 5.74) is 3.75. The van der Waals surface area contributed by atoms with Crippen LogP contribution in [0.5, 0.6) is 11.5 Å². The number of benzene rings is 3. The second-order valence-corrected chi connectivity index (χ2v) is 8.58. The van der Waals surface area contributed by atoms with Gasteiger partial charge in [-0.1, -0.05) is 24.3 Å². The van der Waals surface area contributed by atoms with Crippen LogP contribution >= 0.6 is 0 Å². The first kappa shape index (κ1) is 25.4. The van der Waals surface area contributed by atoms with Gasteiger partial charge in [-0.3, -0.25) is 19.3 Å². The predicted octanol–water partition coefficient (Wildman–Crippen LogP) is 3.39. The number of carbonyl (C=O) groups excluding carboxylic acids is 3. The van der Waals surface area contributed by atoms with Crippen molar-refractivity contribution in [1.29, 1.82) is 0 Å². The standard InChI is InChI=1S/C29H23N3O7/c33-26(18-38-21-12-10-19-11-13-27(34)39-25(19)16-21)31-30-17-20-6-1-4-9-24(20)37-15-5-14-32-28(35)22-7-2-3-8-23(22)29(32)36/h1-4,6-13,16-17H,5,14-15,18H2,(H,31,33)/b30-17+. The van der Waals surface area contributed by atoms with Crippen molar-refractivity contribution in [3.8, 4) is 11.5 Å². The molecule has 0 unspecified atom stereocenters. The molecule has 0 spiro atoms. The molecule has 39 heavy (non-hydrogen) atoms. The number of hydrogen-bond acceptors (Lipinski definition) is 8. The van der Waals surface area contributed by atoms with Crippen LogP contribution in [0.2, 0.25) is 0 Å². The highest BCUT2D eigenvalue weighted by Crippen LogP contribution is 2.23. The lowest BCUT2D eigenvalue weighted by atomic mass is 10.1. The number of fused-ring (bicyclic) bond motifs is 2. The molecule has 0 atom stereocenters. The summed E-state index contributed by atoms with van der Waals surface area (Å²) >= 11 is 0. The lowest BCUT2D eigenvalue weighted by molar-refractivity contribution is -0.123. The number of para-hydroxylation sites is 1. The molecule has 3 amide bonds. The molecule has 4 aromatic rings. The number of ether oxygens (including phenoxy) is 2. The molecule has 1 aliphatic rings. The molecule has 1 N–H and O–H groups in total. The minimum Gasteiger partial charge on any atom is -0.493 e. The van der Waals surface area contributed by atoms with Crippen LogP contribution in [0.1, 0.15) is 32.7 Å². The van der Waals surface area contributed by atoms with E-state index in [9.17, 15) is 19.2 Å². The van der Waals surface area contributed by atoms with Crippen molar-refractivity contribution >= 4 is 34.9 Å². The Labute approximate surface area is 222 Å². The van der Waals surface area contributed by atoms with Crippen LogP contribution < -0.4 is 20.5 Å². The second kappa shape index (κ2) is 11.4. The molecule has 0 saturated heterocycles. The number of amides is 3. The van der Waals surface area contributed by atoms with Gasteiger partial charge in [0, 0.05) is 29.6 Å². The van der Waals surface area contributed by atoms with Crippen molar-refractivity contribution in [1.82, 2.24) is 10.3 Å². The molecule has 5 rings (SSSR count). The average molecular weight is 526 g/mol. The Bertz CT molecular complexity index is 1610. The van der Waals surface area contributed by atoms with Gasteiger partial charge < -0.3 is 13.9 Å². The fourth-order valence-corrected chi connectivity index (χ4v) is 4.05. The van der Waals surface area contributed by atoms with Gasteiger partial charge in [0.1, 0.15) is 17.1 Å². The number of carbonyl (C=O) groups is 3. The molecular weight excluding hydrogens is 502 g/mol. The van der Waals surface area contributed by atoms with Gasteiger partial charge in [0.25, 0.3) is 17.7 Å². The van der Waals surface area contributed by atoms with Gasteiger partial charge in [0.05, 0.1) is 23.9 Å². The molecule has 0 bridgehead atoms. The van der Waals surface area contributed by atoms with Gasteiger partial charge in [-0.25, -0.2) is 10.2 Å². The van der Waals surface area contributed by atoms with Crippen LogP contribution in [0.4, 0.5) is 0 Å². The first-order chi connectivity index (χ1) is 19.0. The fraction of sp³-hybridized carbons (Fsp3) is 0.138. The molecule has 0 fully saturated rings. The van der Waals surface area contributed by atoms with Gasteiger partial charge in [-0.05, 0) is 48.9 Å². The van der Waals surface area contributed by atoms with Gasteiger partial charge in [0.15, 0.2) is 6.61 Å². The van der Waals surface area contributed by atoms with E-state index >= 15 is 0 Å². The van der Waals surface area contributed by atoms with Crippen molar-refractivity contribution in [2.75, 3.05) is 19.8 Å². The maximum absolute atomic E-state index is 12.5. The molecule has 3 aromatic carbocycles. The zero-order valence-corrected chi connectivity index (χ0v) is 20.7. The highest BCUT2D eigenvalue weighted by molar-refractivity contribution is 6.21. The van der Waals surface area contributed by atoms with Gasteiger partial charge in [-0.2, -0.15) is 5.10 Å². The fourth-order valence-electron chi connectivity index (χ4n) is 4.05. The van der Waals surface area contributed by atoms with Crippen molar-refractivity contribution in [2.24, 2.45) is 5.10 Å². The molecular formula is C29H23N3O7. The SMILES string of the molecule is O=C(COc1ccc2ccc(=O)oc2c1)N/N=C/c1ccccc1OCCCN1C(=O)c2ccccc2C1=O. The normalized spacial score (nSPS) is 12.7. The van der Waals surface area contributed by atoms with Crippen LogP contribution in [0, 0.1) is 0 Å². The lowest BCUT2D eigenvalue weighted by Crippen LogP contribution is -2.31. The second-order valence-electron chi connectivity index (χ2n) is 8.58. The Balaban J connectivity index is 1.09. The minimum atomic E-state index is -0.486. The topological polar surface area (TPSA) is 128 Å². The van der Waals surface area contributed by atoms with E-state index in [1.165, 1.54) is 23.2 Å². The third-order valence-electron chi connectivity index (χ3n) is 5.94. The minimum absolute atomic E-state index is 0.238. The van der Waals surface area contributed by atoms with Crippen molar-refractivity contribution < 1.29 is 28.3 Å². The van der Waals surface area contributed by atoms with Crippen LogP contribution in [0.25, 0.3) is 11.0 Å². The third-order valence-corrected chi connectivity index (χ3v) is 5.94. The number of hydrogen-bond donors (Lipinski definition) is 1. The smallest absolute Gasteiger partial charge is 0.336 e. The first-order valence-corrected chi connectivity index (χ1v) is 12.2. The molecule has 196 valence electrons. The number of nitrogens with one attached hydrogen (secondary N) is 1. The Hall–Kier alpha value is -5.25. The molecule has 1 aromatic heterocycles. The van der Waals surface area contributed by atoms with Gasteiger partial charge in [0.2, 0.25) is 0 Å². The van der Waals surface area contributed by atoms with Crippen LogP contribution in [-0.2, 0) is 4.79 Å².